The van der Waals surface area contributed by atoms with E-state index in [2.05, 4.69) is 128 Å². The number of rotatable bonds is 4. The van der Waals surface area contributed by atoms with E-state index < -0.39 is 0 Å². The lowest BCUT2D eigenvalue weighted by molar-refractivity contribution is 0.661. The molecule has 46 heavy (non-hydrogen) atoms. The topological polar surface area (TPSA) is 43.6 Å². The average molecular weight is 591 g/mol. The lowest BCUT2D eigenvalue weighted by atomic mass is 9.82. The first kappa shape index (κ1) is 26.5. The van der Waals surface area contributed by atoms with E-state index in [0.29, 0.717) is 17.6 Å². The van der Waals surface area contributed by atoms with Gasteiger partial charge in [-0.2, -0.15) is 9.97 Å². The van der Waals surface area contributed by atoms with E-state index in [1.807, 2.05) is 36.4 Å². The Labute approximate surface area is 267 Å². The molecule has 0 radical (unpaired) electrons. The van der Waals surface area contributed by atoms with Crippen molar-refractivity contribution in [2.45, 2.75) is 19.3 Å². The molecule has 0 saturated carbocycles. The first-order valence-corrected chi connectivity index (χ1v) is 15.7. The molecule has 4 nitrogen and oxygen atoms in total. The molecule has 0 aliphatic heterocycles. The third-order valence-electron chi connectivity index (χ3n) is 9.46. The number of aromatic nitrogens is 4. The Balaban J connectivity index is 1.39. The summed E-state index contributed by atoms with van der Waals surface area (Å²) in [5.74, 6) is 1.90. The molecule has 8 aromatic rings. The van der Waals surface area contributed by atoms with Crippen LogP contribution in [0.3, 0.4) is 0 Å². The van der Waals surface area contributed by atoms with Crippen LogP contribution < -0.4 is 0 Å². The second kappa shape index (κ2) is 10.1. The van der Waals surface area contributed by atoms with Gasteiger partial charge in [-0.25, -0.2) is 4.98 Å². The maximum Gasteiger partial charge on any atom is 0.238 e. The molecule has 0 N–H and O–H groups in total. The first-order valence-electron chi connectivity index (χ1n) is 15.7. The van der Waals surface area contributed by atoms with E-state index in [1.54, 1.807) is 0 Å². The molecule has 9 rings (SSSR count). The zero-order valence-corrected chi connectivity index (χ0v) is 25.6. The van der Waals surface area contributed by atoms with Crippen molar-refractivity contribution in [1.82, 2.24) is 19.5 Å². The van der Waals surface area contributed by atoms with Gasteiger partial charge in [0.25, 0.3) is 0 Å². The van der Waals surface area contributed by atoms with Crippen LogP contribution >= 0.6 is 0 Å². The molecule has 218 valence electrons. The van der Waals surface area contributed by atoms with Crippen molar-refractivity contribution in [2.24, 2.45) is 0 Å². The number of hydrogen-bond donors (Lipinski definition) is 0. The van der Waals surface area contributed by atoms with Gasteiger partial charge in [-0.05, 0) is 57.6 Å². The van der Waals surface area contributed by atoms with Gasteiger partial charge >= 0.3 is 0 Å². The van der Waals surface area contributed by atoms with Gasteiger partial charge in [0.1, 0.15) is 0 Å². The van der Waals surface area contributed by atoms with Crippen LogP contribution in [0.25, 0.3) is 72.8 Å². The van der Waals surface area contributed by atoms with Crippen LogP contribution in [-0.2, 0) is 5.41 Å². The largest absolute Gasteiger partial charge is 0.278 e. The van der Waals surface area contributed by atoms with E-state index in [-0.39, 0.29) is 5.41 Å². The fraction of sp³-hybridized carbons (Fsp3) is 0.0714. The van der Waals surface area contributed by atoms with Crippen LogP contribution in [0.15, 0.2) is 146 Å². The molecule has 0 fully saturated rings. The molecule has 4 heteroatoms. The Morgan fingerprint density at radius 3 is 1.65 bits per heavy atom. The first-order chi connectivity index (χ1) is 22.6. The monoisotopic (exact) mass is 590 g/mol. The maximum atomic E-state index is 5.16. The molecule has 6 aromatic carbocycles. The lowest BCUT2D eigenvalue weighted by Gasteiger charge is -2.21. The van der Waals surface area contributed by atoms with Crippen molar-refractivity contribution in [3.05, 3.63) is 157 Å². The lowest BCUT2D eigenvalue weighted by Crippen LogP contribution is -2.14. The molecule has 0 saturated heterocycles. The highest BCUT2D eigenvalue weighted by atomic mass is 15.2. The SMILES string of the molecule is CC1(C)c2ccccc2-c2cc3c(cc21)c1cc(-c2ccccc2)ccc1n3-c1nc(-c2ccccc2)nc(-c2ccccc2)n1. The van der Waals surface area contributed by atoms with Crippen LogP contribution in [0.4, 0.5) is 0 Å². The Kier molecular flexibility index (Phi) is 5.81. The van der Waals surface area contributed by atoms with E-state index in [9.17, 15) is 0 Å². The van der Waals surface area contributed by atoms with Gasteiger partial charge in [0.2, 0.25) is 5.95 Å². The standard InChI is InChI=1S/C42H30N4/c1-42(2)35-21-13-12-20-31(35)32-26-38-34(25-36(32)42)33-24-30(27-14-6-3-7-15-27)22-23-37(33)46(38)41-44-39(28-16-8-4-9-17-28)43-40(45-41)29-18-10-5-11-19-29/h3-26H,1-2H3. The van der Waals surface area contributed by atoms with Gasteiger partial charge in [-0.3, -0.25) is 4.57 Å². The van der Waals surface area contributed by atoms with Crippen LogP contribution in [0.5, 0.6) is 0 Å². The van der Waals surface area contributed by atoms with Crippen molar-refractivity contribution in [3.8, 4) is 51.0 Å². The minimum absolute atomic E-state index is 0.111. The summed E-state index contributed by atoms with van der Waals surface area (Å²) in [7, 11) is 0. The van der Waals surface area contributed by atoms with Gasteiger partial charge in [0.15, 0.2) is 11.6 Å². The second-order valence-electron chi connectivity index (χ2n) is 12.5. The normalized spacial score (nSPS) is 13.2. The maximum absolute atomic E-state index is 5.16. The molecule has 0 bridgehead atoms. The van der Waals surface area contributed by atoms with E-state index in [0.717, 1.165) is 22.2 Å². The highest BCUT2D eigenvalue weighted by Crippen LogP contribution is 2.51. The summed E-state index contributed by atoms with van der Waals surface area (Å²) in [6, 6.07) is 51.2. The molecular weight excluding hydrogens is 560 g/mol. The molecule has 2 heterocycles. The van der Waals surface area contributed by atoms with Gasteiger partial charge < -0.3 is 0 Å². The van der Waals surface area contributed by atoms with Crippen molar-refractivity contribution >= 4 is 21.8 Å². The van der Waals surface area contributed by atoms with E-state index >= 15 is 0 Å². The molecule has 1 aliphatic carbocycles. The number of fused-ring (bicyclic) bond motifs is 6. The molecule has 0 atom stereocenters. The quantitative estimate of drug-likeness (QED) is 0.205. The van der Waals surface area contributed by atoms with Crippen molar-refractivity contribution in [1.29, 1.82) is 0 Å². The average Bonchev–Trinajstić information content (AvgIpc) is 3.56. The number of nitrogens with zero attached hydrogens (tertiary/aromatic N) is 4. The van der Waals surface area contributed by atoms with Gasteiger partial charge in [-0.15, -0.1) is 0 Å². The second-order valence-corrected chi connectivity index (χ2v) is 12.5. The smallest absolute Gasteiger partial charge is 0.238 e. The Morgan fingerprint density at radius 2 is 1.00 bits per heavy atom. The summed E-state index contributed by atoms with van der Waals surface area (Å²) in [4.78, 5) is 15.3. The van der Waals surface area contributed by atoms with Crippen LogP contribution in [0.1, 0.15) is 25.0 Å². The summed E-state index contributed by atoms with van der Waals surface area (Å²) in [5, 5.41) is 2.36. The Morgan fingerprint density at radius 1 is 0.435 bits per heavy atom. The van der Waals surface area contributed by atoms with Crippen LogP contribution in [0, 0.1) is 0 Å². The zero-order valence-electron chi connectivity index (χ0n) is 25.6. The van der Waals surface area contributed by atoms with Crippen molar-refractivity contribution in [2.75, 3.05) is 0 Å². The fourth-order valence-electron chi connectivity index (χ4n) is 7.14. The highest BCUT2D eigenvalue weighted by Gasteiger charge is 2.36. The summed E-state index contributed by atoms with van der Waals surface area (Å²) in [6.07, 6.45) is 0. The molecule has 0 amide bonds. The third kappa shape index (κ3) is 4.04. The summed E-state index contributed by atoms with van der Waals surface area (Å²) in [6.45, 7) is 4.67. The summed E-state index contributed by atoms with van der Waals surface area (Å²) >= 11 is 0. The molecule has 0 spiro atoms. The van der Waals surface area contributed by atoms with E-state index in [1.165, 1.54) is 44.2 Å². The van der Waals surface area contributed by atoms with Crippen molar-refractivity contribution in [3.63, 3.8) is 0 Å². The fourth-order valence-corrected chi connectivity index (χ4v) is 7.14. The number of hydrogen-bond acceptors (Lipinski definition) is 3. The number of benzene rings is 6. The van der Waals surface area contributed by atoms with Crippen LogP contribution in [-0.4, -0.2) is 19.5 Å². The zero-order chi connectivity index (χ0) is 30.8. The Bertz CT molecular complexity index is 2370. The van der Waals surface area contributed by atoms with Crippen LogP contribution in [0.2, 0.25) is 0 Å². The van der Waals surface area contributed by atoms with Gasteiger partial charge in [0.05, 0.1) is 11.0 Å². The minimum Gasteiger partial charge on any atom is -0.278 e. The molecular formula is C42H30N4. The molecule has 2 aromatic heterocycles. The highest BCUT2D eigenvalue weighted by molar-refractivity contribution is 6.12. The predicted molar refractivity (Wildman–Crippen MR) is 188 cm³/mol. The van der Waals surface area contributed by atoms with E-state index in [4.69, 9.17) is 15.0 Å². The Hall–Kier alpha value is -5.87. The third-order valence-corrected chi connectivity index (χ3v) is 9.46. The van der Waals surface area contributed by atoms with Gasteiger partial charge in [-0.1, -0.05) is 135 Å². The summed E-state index contributed by atoms with van der Waals surface area (Å²) < 4.78 is 2.23. The van der Waals surface area contributed by atoms with Gasteiger partial charge in [0, 0.05) is 27.3 Å². The van der Waals surface area contributed by atoms with Crippen molar-refractivity contribution < 1.29 is 0 Å². The molecule has 0 unspecified atom stereocenters. The summed E-state index contributed by atoms with van der Waals surface area (Å²) in [5.41, 5.74) is 11.6. The predicted octanol–water partition coefficient (Wildman–Crippen LogP) is 10.3. The minimum atomic E-state index is -0.111. The molecule has 1 aliphatic rings.